The highest BCUT2D eigenvalue weighted by atomic mass is 16.6. The van der Waals surface area contributed by atoms with E-state index < -0.39 is 11.7 Å². The van der Waals surface area contributed by atoms with E-state index in [9.17, 15) is 19.2 Å². The fourth-order valence-electron chi connectivity index (χ4n) is 7.17. The Kier molecular flexibility index (Phi) is 11.1. The third kappa shape index (κ3) is 9.10. The van der Waals surface area contributed by atoms with Gasteiger partial charge in [-0.2, -0.15) is 0 Å². The third-order valence-corrected chi connectivity index (χ3v) is 9.75. The van der Waals surface area contributed by atoms with Crippen molar-refractivity contribution in [2.45, 2.75) is 58.2 Å². The Morgan fingerprint density at radius 1 is 0.909 bits per heavy atom. The Morgan fingerprint density at radius 2 is 1.65 bits per heavy atom. The van der Waals surface area contributed by atoms with Crippen LogP contribution in [0.5, 0.6) is 0 Å². The Balaban J connectivity index is 0.957. The Morgan fingerprint density at radius 3 is 2.40 bits per heavy atom. The molecule has 3 N–H and O–H groups in total. The van der Waals surface area contributed by atoms with E-state index >= 15 is 0 Å². The zero-order chi connectivity index (χ0) is 38.5. The van der Waals surface area contributed by atoms with Gasteiger partial charge in [-0.3, -0.25) is 19.1 Å². The molecule has 0 unspecified atom stereocenters. The number of rotatable bonds is 12. The van der Waals surface area contributed by atoms with Gasteiger partial charge >= 0.3 is 11.8 Å². The first-order chi connectivity index (χ1) is 26.5. The maximum Gasteiger partial charge on any atom is 0.407 e. The number of H-pyrrole nitrogens is 2. The molecule has 3 aromatic carbocycles. The largest absolute Gasteiger partial charge is 0.444 e. The van der Waals surface area contributed by atoms with Crippen molar-refractivity contribution in [1.82, 2.24) is 29.7 Å². The number of hydrogen-bond acceptors (Lipinski definition) is 8. The second kappa shape index (κ2) is 16.3. The van der Waals surface area contributed by atoms with Gasteiger partial charge in [0.2, 0.25) is 0 Å². The van der Waals surface area contributed by atoms with E-state index in [1.165, 1.54) is 5.56 Å². The highest BCUT2D eigenvalue weighted by Crippen LogP contribution is 2.33. The average molecular weight is 743 g/mol. The second-order valence-corrected chi connectivity index (χ2v) is 15.0. The summed E-state index contributed by atoms with van der Waals surface area (Å²) in [5.74, 6) is -0.0934. The number of imidazole rings is 1. The van der Waals surface area contributed by atoms with Crippen LogP contribution < -0.4 is 16.6 Å². The fourth-order valence-corrected chi connectivity index (χ4v) is 7.17. The first kappa shape index (κ1) is 37.5. The molecule has 6 aromatic rings. The molecule has 1 saturated heterocycles. The number of carbonyl (C=O) groups excluding carboxylic acids is 2. The molecule has 3 aromatic heterocycles. The van der Waals surface area contributed by atoms with Gasteiger partial charge < -0.3 is 24.8 Å². The normalized spacial score (nSPS) is 14.0. The molecule has 7 rings (SSSR count). The summed E-state index contributed by atoms with van der Waals surface area (Å²) < 4.78 is 12.5. The van der Waals surface area contributed by atoms with Crippen LogP contribution in [0.4, 0.5) is 4.79 Å². The minimum atomic E-state index is -0.585. The van der Waals surface area contributed by atoms with Crippen LogP contribution >= 0.6 is 0 Å². The van der Waals surface area contributed by atoms with Crippen molar-refractivity contribution in [3.63, 3.8) is 0 Å². The van der Waals surface area contributed by atoms with Gasteiger partial charge in [0.25, 0.3) is 5.56 Å². The van der Waals surface area contributed by atoms with Gasteiger partial charge in [-0.05, 0) is 74.6 Å². The Labute approximate surface area is 318 Å². The molecule has 12 nitrogen and oxygen atoms in total. The average Bonchev–Trinajstić information content (AvgIpc) is 3.49. The van der Waals surface area contributed by atoms with Crippen LogP contribution in [0, 0.1) is 0 Å². The quantitative estimate of drug-likeness (QED) is 0.122. The Hall–Kier alpha value is -5.85. The zero-order valence-corrected chi connectivity index (χ0v) is 31.4. The molecule has 1 amide bonds. The standard InChI is InChI=1S/C43H46N6O6/c1-43(2,3)55-42(53)45-19-22-54-27-33(50)23-29-11-14-37-38(24-29)49(41(52)47-37)32-16-20-48(21-17-32)26-28-9-12-31(13-10-28)39-34(30-7-5-4-6-8-30)25-35-36(46-39)15-18-44-40(35)51/h4-15,18,24-25,32H,16-17,19-23,26-27H2,1-3H3,(H,44,51)(H,45,53)(H,47,52). The van der Waals surface area contributed by atoms with Crippen LogP contribution in [0.15, 0.2) is 101 Å². The first-order valence-corrected chi connectivity index (χ1v) is 18.7. The van der Waals surface area contributed by atoms with Crippen LogP contribution in [0.3, 0.4) is 0 Å². The first-order valence-electron chi connectivity index (χ1n) is 18.7. The minimum absolute atomic E-state index is 0.0363. The van der Waals surface area contributed by atoms with Crippen LogP contribution in [-0.2, 0) is 27.2 Å². The molecule has 0 radical (unpaired) electrons. The summed E-state index contributed by atoms with van der Waals surface area (Å²) in [4.78, 5) is 63.3. The van der Waals surface area contributed by atoms with E-state index in [0.29, 0.717) is 10.9 Å². The maximum atomic E-state index is 13.2. The van der Waals surface area contributed by atoms with Crippen molar-refractivity contribution in [1.29, 1.82) is 0 Å². The summed E-state index contributed by atoms with van der Waals surface area (Å²) >= 11 is 0. The number of nitrogens with zero attached hydrogens (tertiary/aromatic N) is 3. The summed E-state index contributed by atoms with van der Waals surface area (Å²) in [6, 6.07) is 27.9. The third-order valence-electron chi connectivity index (χ3n) is 9.75. The number of nitrogens with one attached hydrogen (secondary N) is 3. The molecule has 1 fully saturated rings. The molecule has 284 valence electrons. The lowest BCUT2D eigenvalue weighted by atomic mass is 9.97. The van der Waals surface area contributed by atoms with Gasteiger partial charge in [0.05, 0.1) is 34.2 Å². The van der Waals surface area contributed by atoms with E-state index in [4.69, 9.17) is 14.5 Å². The molecule has 0 saturated carbocycles. The van der Waals surface area contributed by atoms with Gasteiger partial charge in [-0.1, -0.05) is 60.7 Å². The van der Waals surface area contributed by atoms with Gasteiger partial charge in [0.15, 0.2) is 5.78 Å². The monoisotopic (exact) mass is 742 g/mol. The molecule has 0 bridgehead atoms. The maximum absolute atomic E-state index is 13.2. The number of fused-ring (bicyclic) bond motifs is 2. The summed E-state index contributed by atoms with van der Waals surface area (Å²) in [5, 5.41) is 3.17. The number of alkyl carbamates (subject to hydrolysis) is 1. The lowest BCUT2D eigenvalue weighted by molar-refractivity contribution is -0.122. The number of ether oxygens (including phenoxy) is 2. The topological polar surface area (TPSA) is 151 Å². The van der Waals surface area contributed by atoms with Crippen molar-refractivity contribution >= 4 is 33.8 Å². The van der Waals surface area contributed by atoms with Gasteiger partial charge in [-0.15, -0.1) is 0 Å². The number of Topliss-reactive ketones (excluding diaryl/α,β-unsaturated/α-hetero) is 1. The van der Waals surface area contributed by atoms with Crippen molar-refractivity contribution in [2.75, 3.05) is 32.8 Å². The predicted octanol–water partition coefficient (Wildman–Crippen LogP) is 6.39. The van der Waals surface area contributed by atoms with E-state index in [1.807, 2.05) is 65.2 Å². The number of amides is 1. The van der Waals surface area contributed by atoms with Gasteiger partial charge in [0.1, 0.15) is 12.2 Å². The summed E-state index contributed by atoms with van der Waals surface area (Å²) in [6.07, 6.45) is 2.91. The molecule has 0 aliphatic carbocycles. The SMILES string of the molecule is CC(C)(C)OC(=O)NCCOCC(=O)Cc1ccc2[nH]c(=O)n(C3CCN(Cc4ccc(-c5nc6cc[nH]c(=O)c6cc5-c5ccccc5)cc4)CC3)c2c1. The molecular formula is C43H46N6O6. The highest BCUT2D eigenvalue weighted by molar-refractivity contribution is 5.91. The number of pyridine rings is 2. The summed E-state index contributed by atoms with van der Waals surface area (Å²) in [7, 11) is 0. The molecule has 55 heavy (non-hydrogen) atoms. The smallest absolute Gasteiger partial charge is 0.407 e. The minimum Gasteiger partial charge on any atom is -0.444 e. The Bertz CT molecular complexity index is 2420. The molecule has 1 aliphatic heterocycles. The van der Waals surface area contributed by atoms with Crippen LogP contribution in [0.1, 0.15) is 50.8 Å². The number of benzene rings is 3. The summed E-state index contributed by atoms with van der Waals surface area (Å²) in [6.45, 7) is 8.17. The van der Waals surface area contributed by atoms with Crippen molar-refractivity contribution < 1.29 is 19.1 Å². The molecular weight excluding hydrogens is 697 g/mol. The molecule has 0 atom stereocenters. The van der Waals surface area contributed by atoms with E-state index in [-0.39, 0.29) is 49.3 Å². The van der Waals surface area contributed by atoms with Crippen molar-refractivity contribution in [3.8, 4) is 22.4 Å². The van der Waals surface area contributed by atoms with E-state index in [0.717, 1.165) is 71.5 Å². The number of carbonyl (C=O) groups is 2. The number of aromatic nitrogens is 4. The fraction of sp³-hybridized carbons (Fsp3) is 0.326. The zero-order valence-electron chi connectivity index (χ0n) is 31.4. The molecule has 1 aliphatic rings. The number of ketones is 1. The van der Waals surface area contributed by atoms with E-state index in [2.05, 4.69) is 44.5 Å². The molecule has 0 spiro atoms. The van der Waals surface area contributed by atoms with E-state index in [1.54, 1.807) is 27.0 Å². The van der Waals surface area contributed by atoms with Crippen LogP contribution in [0.25, 0.3) is 44.3 Å². The van der Waals surface area contributed by atoms with Crippen molar-refractivity contribution in [3.05, 3.63) is 123 Å². The van der Waals surface area contributed by atoms with Crippen LogP contribution in [-0.4, -0.2) is 74.7 Å². The molecule has 4 heterocycles. The van der Waals surface area contributed by atoms with Crippen molar-refractivity contribution in [2.24, 2.45) is 0 Å². The number of likely N-dealkylation sites (tertiary alicyclic amines) is 1. The summed E-state index contributed by atoms with van der Waals surface area (Å²) in [5.41, 5.74) is 7.00. The number of hydrogen-bond donors (Lipinski definition) is 3. The number of aromatic amines is 2. The van der Waals surface area contributed by atoms with Crippen LogP contribution in [0.2, 0.25) is 0 Å². The number of piperidine rings is 1. The molecule has 12 heteroatoms. The lowest BCUT2D eigenvalue weighted by Gasteiger charge is -2.32. The lowest BCUT2D eigenvalue weighted by Crippen LogP contribution is -2.36. The van der Waals surface area contributed by atoms with Gasteiger partial charge in [0, 0.05) is 56.0 Å². The second-order valence-electron chi connectivity index (χ2n) is 15.0. The predicted molar refractivity (Wildman–Crippen MR) is 213 cm³/mol. The van der Waals surface area contributed by atoms with Gasteiger partial charge in [-0.25, -0.2) is 14.6 Å². The highest BCUT2D eigenvalue weighted by Gasteiger charge is 2.24.